The van der Waals surface area contributed by atoms with Crippen LogP contribution in [0.1, 0.15) is 15.4 Å². The van der Waals surface area contributed by atoms with Crippen LogP contribution in [0.5, 0.6) is 0 Å². The number of fused-ring (bicyclic) bond motifs is 1. The van der Waals surface area contributed by atoms with E-state index in [1.807, 2.05) is 24.3 Å². The summed E-state index contributed by atoms with van der Waals surface area (Å²) in [6.07, 6.45) is 0.256. The van der Waals surface area contributed by atoms with Crippen molar-refractivity contribution >= 4 is 61.9 Å². The number of rotatable bonds is 3. The molecular formula is C13H7Cl2NOS2. The largest absolute Gasteiger partial charge is 0.294 e. The van der Waals surface area contributed by atoms with E-state index in [1.54, 1.807) is 6.07 Å². The maximum atomic E-state index is 12.2. The van der Waals surface area contributed by atoms with E-state index in [0.717, 1.165) is 15.2 Å². The summed E-state index contributed by atoms with van der Waals surface area (Å²) in [6, 6.07) is 9.44. The highest BCUT2D eigenvalue weighted by Gasteiger charge is 2.16. The summed E-state index contributed by atoms with van der Waals surface area (Å²) in [7, 11) is 0. The summed E-state index contributed by atoms with van der Waals surface area (Å²) in [5, 5.41) is 0.796. The van der Waals surface area contributed by atoms with Crippen molar-refractivity contribution in [2.75, 3.05) is 0 Å². The lowest BCUT2D eigenvalue weighted by molar-refractivity contribution is 0.0993. The normalized spacial score (nSPS) is 11.1. The third-order valence-electron chi connectivity index (χ3n) is 2.61. The average molecular weight is 328 g/mol. The molecule has 0 N–H and O–H groups in total. The van der Waals surface area contributed by atoms with E-state index in [0.29, 0.717) is 14.2 Å². The molecule has 0 saturated heterocycles. The van der Waals surface area contributed by atoms with Gasteiger partial charge in [-0.1, -0.05) is 35.3 Å². The molecule has 0 aliphatic rings. The minimum atomic E-state index is -0.0489. The second-order valence-electron chi connectivity index (χ2n) is 3.91. The van der Waals surface area contributed by atoms with E-state index in [4.69, 9.17) is 23.2 Å². The van der Waals surface area contributed by atoms with Crippen molar-refractivity contribution < 1.29 is 4.79 Å². The summed E-state index contributed by atoms with van der Waals surface area (Å²) < 4.78 is 2.05. The van der Waals surface area contributed by atoms with Gasteiger partial charge in [0.15, 0.2) is 5.78 Å². The number of aromatic nitrogens is 1. The first-order valence-electron chi connectivity index (χ1n) is 5.46. The Kier molecular flexibility index (Phi) is 3.58. The number of benzene rings is 1. The molecule has 0 saturated carbocycles. The van der Waals surface area contributed by atoms with E-state index in [1.165, 1.54) is 22.7 Å². The fourth-order valence-corrected chi connectivity index (χ4v) is 4.22. The molecule has 0 aliphatic carbocycles. The number of hydrogen-bond donors (Lipinski definition) is 0. The molecule has 19 heavy (non-hydrogen) atoms. The highest BCUT2D eigenvalue weighted by Crippen LogP contribution is 2.32. The van der Waals surface area contributed by atoms with Crippen molar-refractivity contribution in [1.82, 2.24) is 4.98 Å². The molecule has 2 heterocycles. The molecule has 0 radical (unpaired) electrons. The Bertz CT molecular complexity index is 730. The maximum Gasteiger partial charge on any atom is 0.172 e. The van der Waals surface area contributed by atoms with E-state index < -0.39 is 0 Å². The van der Waals surface area contributed by atoms with Gasteiger partial charge in [-0.15, -0.1) is 22.7 Å². The Morgan fingerprint density at radius 2 is 2.00 bits per heavy atom. The number of ketones is 1. The Morgan fingerprint density at radius 1 is 1.21 bits per heavy atom. The van der Waals surface area contributed by atoms with Crippen LogP contribution in [0, 0.1) is 0 Å². The van der Waals surface area contributed by atoms with Crippen LogP contribution in [-0.4, -0.2) is 10.8 Å². The van der Waals surface area contributed by atoms with Gasteiger partial charge in [0.2, 0.25) is 0 Å². The van der Waals surface area contributed by atoms with Crippen molar-refractivity contribution in [1.29, 1.82) is 0 Å². The summed E-state index contributed by atoms with van der Waals surface area (Å²) >= 11 is 14.6. The summed E-state index contributed by atoms with van der Waals surface area (Å²) in [4.78, 5) is 16.6. The number of para-hydroxylation sites is 1. The molecular weight excluding hydrogens is 321 g/mol. The summed E-state index contributed by atoms with van der Waals surface area (Å²) in [6.45, 7) is 0. The first-order chi connectivity index (χ1) is 9.13. The SMILES string of the molecule is O=C(Cc1nc2ccccc2s1)c1cc(Cl)sc1Cl. The predicted octanol–water partition coefficient (Wildman–Crippen LogP) is 5.09. The standard InChI is InChI=1S/C13H7Cl2NOS2/c14-11-5-7(13(15)19-11)9(17)6-12-16-8-3-1-2-4-10(8)18-12/h1-5H,6H2. The van der Waals surface area contributed by atoms with Crippen LogP contribution in [0.2, 0.25) is 8.67 Å². The Morgan fingerprint density at radius 3 is 2.68 bits per heavy atom. The van der Waals surface area contributed by atoms with Crippen LogP contribution in [0.25, 0.3) is 10.2 Å². The molecule has 0 unspecified atom stereocenters. The molecule has 6 heteroatoms. The third kappa shape index (κ3) is 2.67. The second-order valence-corrected chi connectivity index (χ2v) is 7.31. The summed E-state index contributed by atoms with van der Waals surface area (Å²) in [5.41, 5.74) is 1.40. The highest BCUT2D eigenvalue weighted by atomic mass is 35.5. The van der Waals surface area contributed by atoms with Crippen LogP contribution >= 0.6 is 45.9 Å². The number of carbonyl (C=O) groups excluding carboxylic acids is 1. The number of thiazole rings is 1. The first-order valence-corrected chi connectivity index (χ1v) is 7.85. The van der Waals surface area contributed by atoms with Gasteiger partial charge in [0, 0.05) is 5.56 Å². The van der Waals surface area contributed by atoms with E-state index >= 15 is 0 Å². The van der Waals surface area contributed by atoms with Gasteiger partial charge in [-0.3, -0.25) is 4.79 Å². The molecule has 2 aromatic heterocycles. The predicted molar refractivity (Wildman–Crippen MR) is 82.0 cm³/mol. The number of halogens is 2. The van der Waals surface area contributed by atoms with Crippen molar-refractivity contribution in [2.45, 2.75) is 6.42 Å². The van der Waals surface area contributed by atoms with Gasteiger partial charge in [0.1, 0.15) is 9.34 Å². The van der Waals surface area contributed by atoms with Gasteiger partial charge in [-0.2, -0.15) is 0 Å². The lowest BCUT2D eigenvalue weighted by atomic mass is 10.2. The van der Waals surface area contributed by atoms with E-state index in [2.05, 4.69) is 4.98 Å². The van der Waals surface area contributed by atoms with Crippen molar-refractivity contribution in [2.24, 2.45) is 0 Å². The zero-order valence-corrected chi connectivity index (χ0v) is 12.7. The maximum absolute atomic E-state index is 12.2. The van der Waals surface area contributed by atoms with Crippen molar-refractivity contribution in [3.8, 4) is 0 Å². The molecule has 0 fully saturated rings. The Labute approximate surface area is 127 Å². The van der Waals surface area contributed by atoms with Crippen LogP contribution in [-0.2, 0) is 6.42 Å². The smallest absolute Gasteiger partial charge is 0.172 e. The molecule has 0 amide bonds. The van der Waals surface area contributed by atoms with Gasteiger partial charge in [-0.05, 0) is 18.2 Å². The summed E-state index contributed by atoms with van der Waals surface area (Å²) in [5.74, 6) is -0.0489. The fourth-order valence-electron chi connectivity index (χ4n) is 1.76. The van der Waals surface area contributed by atoms with Crippen molar-refractivity contribution in [3.05, 3.63) is 49.6 Å². The molecule has 2 nitrogen and oxygen atoms in total. The van der Waals surface area contributed by atoms with Gasteiger partial charge in [0.05, 0.1) is 21.0 Å². The fraction of sp³-hybridized carbons (Fsp3) is 0.0769. The molecule has 96 valence electrons. The Hall–Kier alpha value is -0.940. The number of thiophene rings is 1. The molecule has 0 aliphatic heterocycles. The Balaban J connectivity index is 1.88. The van der Waals surface area contributed by atoms with Gasteiger partial charge in [0.25, 0.3) is 0 Å². The lowest BCUT2D eigenvalue weighted by Crippen LogP contribution is -2.02. The highest BCUT2D eigenvalue weighted by molar-refractivity contribution is 7.20. The quantitative estimate of drug-likeness (QED) is 0.627. The minimum absolute atomic E-state index is 0.0489. The molecule has 0 spiro atoms. The van der Waals surface area contributed by atoms with Gasteiger partial charge >= 0.3 is 0 Å². The third-order valence-corrected chi connectivity index (χ3v) is 5.13. The van der Waals surface area contributed by atoms with E-state index in [9.17, 15) is 4.79 Å². The van der Waals surface area contributed by atoms with Crippen LogP contribution in [0.4, 0.5) is 0 Å². The molecule has 3 rings (SSSR count). The number of carbonyl (C=O) groups is 1. The minimum Gasteiger partial charge on any atom is -0.294 e. The molecule has 3 aromatic rings. The first kappa shape index (κ1) is 13.1. The zero-order valence-electron chi connectivity index (χ0n) is 9.52. The van der Waals surface area contributed by atoms with E-state index in [-0.39, 0.29) is 12.2 Å². The number of nitrogens with zero attached hydrogens (tertiary/aromatic N) is 1. The van der Waals surface area contributed by atoms with Gasteiger partial charge < -0.3 is 0 Å². The number of Topliss-reactive ketones (excluding diaryl/α,β-unsaturated/α-hetero) is 1. The molecule has 1 aromatic carbocycles. The lowest BCUT2D eigenvalue weighted by Gasteiger charge is -1.95. The zero-order chi connectivity index (χ0) is 13.4. The topological polar surface area (TPSA) is 30.0 Å². The monoisotopic (exact) mass is 327 g/mol. The average Bonchev–Trinajstić information content (AvgIpc) is 2.91. The van der Waals surface area contributed by atoms with Crippen molar-refractivity contribution in [3.63, 3.8) is 0 Å². The molecule has 0 bridgehead atoms. The molecule has 0 atom stereocenters. The van der Waals surface area contributed by atoms with Crippen LogP contribution < -0.4 is 0 Å². The van der Waals surface area contributed by atoms with Gasteiger partial charge in [-0.25, -0.2) is 4.98 Å². The number of hydrogen-bond acceptors (Lipinski definition) is 4. The second kappa shape index (κ2) is 5.21. The van der Waals surface area contributed by atoms with Crippen LogP contribution in [0.15, 0.2) is 30.3 Å². The van der Waals surface area contributed by atoms with Crippen LogP contribution in [0.3, 0.4) is 0 Å².